The van der Waals surface area contributed by atoms with Crippen LogP contribution in [0.3, 0.4) is 0 Å². The van der Waals surface area contributed by atoms with Gasteiger partial charge < -0.3 is 14.8 Å². The van der Waals surface area contributed by atoms with Gasteiger partial charge in [-0.25, -0.2) is 14.0 Å². The maximum absolute atomic E-state index is 12.9. The van der Waals surface area contributed by atoms with Gasteiger partial charge in [0.05, 0.1) is 31.8 Å². The zero-order chi connectivity index (χ0) is 18.4. The van der Waals surface area contributed by atoms with Crippen LogP contribution < -0.4 is 5.32 Å². The van der Waals surface area contributed by atoms with Gasteiger partial charge in [-0.1, -0.05) is 12.1 Å². The van der Waals surface area contributed by atoms with E-state index in [2.05, 4.69) is 14.8 Å². The molecule has 0 atom stereocenters. The summed E-state index contributed by atoms with van der Waals surface area (Å²) < 4.78 is 22.2. The molecular formula is C18H16FNO5. The third kappa shape index (κ3) is 4.87. The number of rotatable bonds is 5. The van der Waals surface area contributed by atoms with Gasteiger partial charge >= 0.3 is 11.9 Å². The molecule has 0 spiro atoms. The van der Waals surface area contributed by atoms with Crippen molar-refractivity contribution >= 4 is 23.5 Å². The molecule has 2 rings (SSSR count). The minimum Gasteiger partial charge on any atom is -0.465 e. The molecule has 0 aliphatic carbocycles. The summed E-state index contributed by atoms with van der Waals surface area (Å²) in [5.74, 6) is -2.08. The summed E-state index contributed by atoms with van der Waals surface area (Å²) >= 11 is 0. The Morgan fingerprint density at radius 2 is 1.44 bits per heavy atom. The van der Waals surface area contributed by atoms with E-state index in [-0.39, 0.29) is 29.1 Å². The number of ether oxygens (including phenoxy) is 2. The van der Waals surface area contributed by atoms with E-state index in [1.54, 1.807) is 0 Å². The van der Waals surface area contributed by atoms with Crippen LogP contribution in [0.5, 0.6) is 0 Å². The molecule has 25 heavy (non-hydrogen) atoms. The number of nitrogens with one attached hydrogen (secondary N) is 1. The van der Waals surface area contributed by atoms with E-state index in [1.165, 1.54) is 56.7 Å². The Morgan fingerprint density at radius 3 is 1.92 bits per heavy atom. The Balaban J connectivity index is 2.21. The van der Waals surface area contributed by atoms with Gasteiger partial charge in [0.15, 0.2) is 0 Å². The van der Waals surface area contributed by atoms with Crippen LogP contribution in [0.2, 0.25) is 0 Å². The predicted octanol–water partition coefficient (Wildman–Crippen LogP) is 2.58. The zero-order valence-corrected chi connectivity index (χ0v) is 13.7. The monoisotopic (exact) mass is 345 g/mol. The molecule has 1 N–H and O–H groups in total. The summed E-state index contributed by atoms with van der Waals surface area (Å²) in [6.45, 7) is 0. The Labute approximate surface area is 143 Å². The second-order valence-corrected chi connectivity index (χ2v) is 5.13. The molecule has 130 valence electrons. The average Bonchev–Trinajstić information content (AvgIpc) is 2.61. The van der Waals surface area contributed by atoms with Gasteiger partial charge in [-0.15, -0.1) is 0 Å². The first-order chi connectivity index (χ1) is 11.9. The van der Waals surface area contributed by atoms with Gasteiger partial charge in [0.25, 0.3) is 0 Å². The van der Waals surface area contributed by atoms with Crippen molar-refractivity contribution in [2.24, 2.45) is 0 Å². The quantitative estimate of drug-likeness (QED) is 0.843. The summed E-state index contributed by atoms with van der Waals surface area (Å²) in [6, 6.07) is 9.61. The minimum absolute atomic E-state index is 0.0102. The molecule has 7 heteroatoms. The molecule has 0 heterocycles. The SMILES string of the molecule is COC(=O)c1cc(NC(=O)Cc2ccc(F)cc2)cc(C(=O)OC)c1. The van der Waals surface area contributed by atoms with Gasteiger partial charge in [0.2, 0.25) is 5.91 Å². The lowest BCUT2D eigenvalue weighted by atomic mass is 10.1. The number of benzene rings is 2. The molecule has 0 saturated carbocycles. The topological polar surface area (TPSA) is 81.7 Å². The molecule has 0 aromatic heterocycles. The van der Waals surface area contributed by atoms with Crippen molar-refractivity contribution in [3.05, 3.63) is 65.0 Å². The Bertz CT molecular complexity index is 767. The maximum atomic E-state index is 12.9. The highest BCUT2D eigenvalue weighted by molar-refractivity contribution is 5.99. The fourth-order valence-corrected chi connectivity index (χ4v) is 2.16. The standard InChI is InChI=1S/C18H16FNO5/c1-24-17(22)12-8-13(18(23)25-2)10-15(9-12)20-16(21)7-11-3-5-14(19)6-4-11/h3-6,8-10H,7H2,1-2H3,(H,20,21). The number of carbonyl (C=O) groups excluding carboxylic acids is 3. The Hall–Kier alpha value is -3.22. The first-order valence-corrected chi connectivity index (χ1v) is 7.29. The van der Waals surface area contributed by atoms with E-state index in [0.717, 1.165) is 0 Å². The van der Waals surface area contributed by atoms with Crippen LogP contribution in [-0.4, -0.2) is 32.1 Å². The van der Waals surface area contributed by atoms with Gasteiger partial charge in [-0.2, -0.15) is 0 Å². The molecule has 2 aromatic carbocycles. The van der Waals surface area contributed by atoms with E-state index in [1.807, 2.05) is 0 Å². The minimum atomic E-state index is -0.653. The Morgan fingerprint density at radius 1 is 0.920 bits per heavy atom. The lowest BCUT2D eigenvalue weighted by molar-refractivity contribution is -0.115. The number of hydrogen-bond donors (Lipinski definition) is 1. The molecule has 0 radical (unpaired) electrons. The van der Waals surface area contributed by atoms with Crippen LogP contribution in [0.1, 0.15) is 26.3 Å². The van der Waals surface area contributed by atoms with Crippen molar-refractivity contribution in [2.45, 2.75) is 6.42 Å². The first-order valence-electron chi connectivity index (χ1n) is 7.29. The summed E-state index contributed by atoms with van der Waals surface area (Å²) in [5.41, 5.74) is 1.07. The van der Waals surface area contributed by atoms with E-state index in [4.69, 9.17) is 0 Å². The maximum Gasteiger partial charge on any atom is 0.337 e. The molecule has 0 unspecified atom stereocenters. The second kappa shape index (κ2) is 8.05. The molecule has 6 nitrogen and oxygen atoms in total. The van der Waals surface area contributed by atoms with Crippen LogP contribution in [0.25, 0.3) is 0 Å². The predicted molar refractivity (Wildman–Crippen MR) is 87.9 cm³/mol. The number of methoxy groups -OCH3 is 2. The first kappa shape index (κ1) is 18.1. The fourth-order valence-electron chi connectivity index (χ4n) is 2.16. The van der Waals surface area contributed by atoms with E-state index in [9.17, 15) is 18.8 Å². The highest BCUT2D eigenvalue weighted by atomic mass is 19.1. The zero-order valence-electron chi connectivity index (χ0n) is 13.7. The number of amides is 1. The van der Waals surface area contributed by atoms with Gasteiger partial charge in [-0.05, 0) is 35.9 Å². The molecule has 0 aliphatic rings. The number of hydrogen-bond acceptors (Lipinski definition) is 5. The van der Waals surface area contributed by atoms with Crippen LogP contribution in [0.15, 0.2) is 42.5 Å². The number of esters is 2. The Kier molecular flexibility index (Phi) is 5.84. The van der Waals surface area contributed by atoms with Crippen molar-refractivity contribution in [2.75, 3.05) is 19.5 Å². The highest BCUT2D eigenvalue weighted by Gasteiger charge is 2.15. The van der Waals surface area contributed by atoms with Crippen molar-refractivity contribution < 1.29 is 28.2 Å². The molecule has 0 saturated heterocycles. The molecule has 0 aliphatic heterocycles. The molecule has 2 aromatic rings. The number of anilines is 1. The van der Waals surface area contributed by atoms with Gasteiger partial charge in [-0.3, -0.25) is 4.79 Å². The largest absolute Gasteiger partial charge is 0.465 e. The summed E-state index contributed by atoms with van der Waals surface area (Å²) in [5, 5.41) is 2.60. The number of carbonyl (C=O) groups is 3. The lowest BCUT2D eigenvalue weighted by Gasteiger charge is -2.09. The van der Waals surface area contributed by atoms with Crippen LogP contribution >= 0.6 is 0 Å². The molecule has 1 amide bonds. The molecule has 0 fully saturated rings. The van der Waals surface area contributed by atoms with Crippen molar-refractivity contribution in [1.82, 2.24) is 0 Å². The van der Waals surface area contributed by atoms with Crippen molar-refractivity contribution in [3.8, 4) is 0 Å². The van der Waals surface area contributed by atoms with Crippen molar-refractivity contribution in [3.63, 3.8) is 0 Å². The average molecular weight is 345 g/mol. The van der Waals surface area contributed by atoms with Gasteiger partial charge in [0, 0.05) is 5.69 Å². The van der Waals surface area contributed by atoms with E-state index < -0.39 is 17.8 Å². The number of halogens is 1. The third-order valence-corrected chi connectivity index (χ3v) is 3.34. The molecular weight excluding hydrogens is 329 g/mol. The lowest BCUT2D eigenvalue weighted by Crippen LogP contribution is -2.16. The summed E-state index contributed by atoms with van der Waals surface area (Å²) in [4.78, 5) is 35.6. The third-order valence-electron chi connectivity index (χ3n) is 3.34. The summed E-state index contributed by atoms with van der Waals surface area (Å²) in [7, 11) is 2.42. The highest BCUT2D eigenvalue weighted by Crippen LogP contribution is 2.17. The smallest absolute Gasteiger partial charge is 0.337 e. The van der Waals surface area contributed by atoms with E-state index >= 15 is 0 Å². The second-order valence-electron chi connectivity index (χ2n) is 5.13. The fraction of sp³-hybridized carbons (Fsp3) is 0.167. The van der Waals surface area contributed by atoms with Crippen LogP contribution in [0.4, 0.5) is 10.1 Å². The van der Waals surface area contributed by atoms with Crippen LogP contribution in [-0.2, 0) is 20.7 Å². The van der Waals surface area contributed by atoms with E-state index in [0.29, 0.717) is 5.56 Å². The molecule has 0 bridgehead atoms. The van der Waals surface area contributed by atoms with Gasteiger partial charge in [0.1, 0.15) is 5.82 Å². The summed E-state index contributed by atoms with van der Waals surface area (Å²) in [6.07, 6.45) is 0.0102. The van der Waals surface area contributed by atoms with Crippen molar-refractivity contribution in [1.29, 1.82) is 0 Å². The van der Waals surface area contributed by atoms with Crippen LogP contribution in [0, 0.1) is 5.82 Å². The normalized spacial score (nSPS) is 10.0.